The van der Waals surface area contributed by atoms with Crippen LogP contribution in [0.15, 0.2) is 24.3 Å². The predicted octanol–water partition coefficient (Wildman–Crippen LogP) is 2.69. The lowest BCUT2D eigenvalue weighted by Crippen LogP contribution is -2.50. The summed E-state index contributed by atoms with van der Waals surface area (Å²) in [5.74, 6) is -0.0711. The number of hydrogen-bond donors (Lipinski definition) is 2. The van der Waals surface area contributed by atoms with E-state index in [1.807, 2.05) is 24.3 Å². The number of hydrogen-bond acceptors (Lipinski definition) is 2. The minimum Gasteiger partial charge on any atom is -0.392 e. The van der Waals surface area contributed by atoms with Crippen molar-refractivity contribution in [3.05, 3.63) is 27.8 Å². The standard InChI is InChI=1S/C12H13IN2OS/c13-8-3-1-4-9(7-8)15-11(16)12(10(14)17)5-2-6-12/h1,3-4,7H,2,5-6H2,(H2,14,17)(H,15,16). The zero-order valence-corrected chi connectivity index (χ0v) is 12.2. The molecule has 1 aromatic rings. The third-order valence-corrected chi connectivity index (χ3v) is 4.26. The van der Waals surface area contributed by atoms with Crippen molar-refractivity contribution in [2.24, 2.45) is 11.1 Å². The molecular weight excluding hydrogens is 347 g/mol. The van der Waals surface area contributed by atoms with E-state index in [0.29, 0.717) is 4.99 Å². The Kier molecular flexibility index (Phi) is 3.67. The molecule has 0 bridgehead atoms. The molecule has 1 aromatic carbocycles. The molecule has 3 nitrogen and oxygen atoms in total. The summed E-state index contributed by atoms with van der Waals surface area (Å²) in [5.41, 5.74) is 5.87. The molecule has 0 saturated heterocycles. The minimum absolute atomic E-state index is 0.0711. The van der Waals surface area contributed by atoms with E-state index in [2.05, 4.69) is 27.9 Å². The molecule has 0 heterocycles. The maximum Gasteiger partial charge on any atom is 0.237 e. The van der Waals surface area contributed by atoms with Crippen LogP contribution in [0, 0.1) is 8.99 Å². The lowest BCUT2D eigenvalue weighted by Gasteiger charge is -2.39. The first kappa shape index (κ1) is 12.8. The first-order valence-corrected chi connectivity index (χ1v) is 6.90. The Morgan fingerprint density at radius 2 is 2.18 bits per heavy atom. The molecule has 1 fully saturated rings. The van der Waals surface area contributed by atoms with Crippen LogP contribution >= 0.6 is 34.8 Å². The molecule has 3 N–H and O–H groups in total. The van der Waals surface area contributed by atoms with Gasteiger partial charge in [0, 0.05) is 9.26 Å². The van der Waals surface area contributed by atoms with Gasteiger partial charge in [0.2, 0.25) is 5.91 Å². The quantitative estimate of drug-likeness (QED) is 0.644. The minimum atomic E-state index is -0.614. The number of benzene rings is 1. The number of amides is 1. The Balaban J connectivity index is 2.14. The summed E-state index contributed by atoms with van der Waals surface area (Å²) in [6.45, 7) is 0. The van der Waals surface area contributed by atoms with Gasteiger partial charge in [0.25, 0.3) is 0 Å². The van der Waals surface area contributed by atoms with Crippen LogP contribution in [-0.2, 0) is 4.79 Å². The number of nitrogens with one attached hydrogen (secondary N) is 1. The van der Waals surface area contributed by atoms with Crippen molar-refractivity contribution in [3.63, 3.8) is 0 Å². The van der Waals surface area contributed by atoms with Gasteiger partial charge in [0.1, 0.15) is 0 Å². The second-order valence-electron chi connectivity index (χ2n) is 4.26. The van der Waals surface area contributed by atoms with Crippen molar-refractivity contribution in [2.75, 3.05) is 5.32 Å². The van der Waals surface area contributed by atoms with Gasteiger partial charge in [-0.15, -0.1) is 0 Å². The third kappa shape index (κ3) is 2.44. The van der Waals surface area contributed by atoms with Gasteiger partial charge < -0.3 is 11.1 Å². The molecule has 0 aromatic heterocycles. The Labute approximate surface area is 119 Å². The van der Waals surface area contributed by atoms with Crippen LogP contribution in [0.2, 0.25) is 0 Å². The number of anilines is 1. The number of nitrogens with two attached hydrogens (primary N) is 1. The van der Waals surface area contributed by atoms with Crippen molar-refractivity contribution in [3.8, 4) is 0 Å². The summed E-state index contributed by atoms with van der Waals surface area (Å²) in [4.78, 5) is 12.5. The molecule has 2 rings (SSSR count). The fraction of sp³-hybridized carbons (Fsp3) is 0.333. The second kappa shape index (κ2) is 4.89. The van der Waals surface area contributed by atoms with Gasteiger partial charge in [0.05, 0.1) is 10.4 Å². The summed E-state index contributed by atoms with van der Waals surface area (Å²) >= 11 is 7.22. The first-order chi connectivity index (χ1) is 8.04. The fourth-order valence-electron chi connectivity index (χ4n) is 1.93. The molecular formula is C12H13IN2OS. The van der Waals surface area contributed by atoms with E-state index in [1.165, 1.54) is 0 Å². The Morgan fingerprint density at radius 1 is 1.47 bits per heavy atom. The van der Waals surface area contributed by atoms with Crippen LogP contribution < -0.4 is 11.1 Å². The van der Waals surface area contributed by atoms with Gasteiger partial charge in [-0.2, -0.15) is 0 Å². The molecule has 0 atom stereocenters. The molecule has 17 heavy (non-hydrogen) atoms. The Morgan fingerprint density at radius 3 is 2.65 bits per heavy atom. The zero-order chi connectivity index (χ0) is 12.5. The Hall–Kier alpha value is -0.690. The second-order valence-corrected chi connectivity index (χ2v) is 5.95. The van der Waals surface area contributed by atoms with Gasteiger partial charge in [-0.05, 0) is 53.6 Å². The summed E-state index contributed by atoms with van der Waals surface area (Å²) in [6.07, 6.45) is 2.53. The van der Waals surface area contributed by atoms with Crippen LogP contribution in [0.5, 0.6) is 0 Å². The van der Waals surface area contributed by atoms with E-state index in [0.717, 1.165) is 28.5 Å². The monoisotopic (exact) mass is 360 g/mol. The van der Waals surface area contributed by atoms with E-state index < -0.39 is 5.41 Å². The molecule has 1 aliphatic carbocycles. The molecule has 1 amide bonds. The fourth-order valence-corrected chi connectivity index (χ4v) is 2.77. The van der Waals surface area contributed by atoms with Crippen LogP contribution in [0.4, 0.5) is 5.69 Å². The van der Waals surface area contributed by atoms with E-state index >= 15 is 0 Å². The van der Waals surface area contributed by atoms with Gasteiger partial charge in [-0.1, -0.05) is 24.7 Å². The smallest absolute Gasteiger partial charge is 0.237 e. The number of thiocarbonyl (C=S) groups is 1. The van der Waals surface area contributed by atoms with Crippen LogP contribution in [0.3, 0.4) is 0 Å². The van der Waals surface area contributed by atoms with Gasteiger partial charge >= 0.3 is 0 Å². The molecule has 90 valence electrons. The highest BCUT2D eigenvalue weighted by Gasteiger charge is 2.46. The lowest BCUT2D eigenvalue weighted by molar-refractivity contribution is -0.125. The number of halogens is 1. The van der Waals surface area contributed by atoms with Gasteiger partial charge in [0.15, 0.2) is 0 Å². The molecule has 0 aliphatic heterocycles. The van der Waals surface area contributed by atoms with E-state index in [-0.39, 0.29) is 5.91 Å². The van der Waals surface area contributed by atoms with Crippen LogP contribution in [0.1, 0.15) is 19.3 Å². The van der Waals surface area contributed by atoms with E-state index in [4.69, 9.17) is 18.0 Å². The summed E-state index contributed by atoms with van der Waals surface area (Å²) in [5, 5.41) is 2.90. The molecule has 0 radical (unpaired) electrons. The highest BCUT2D eigenvalue weighted by atomic mass is 127. The highest BCUT2D eigenvalue weighted by molar-refractivity contribution is 14.1. The number of carbonyl (C=O) groups excluding carboxylic acids is 1. The summed E-state index contributed by atoms with van der Waals surface area (Å²) in [6, 6.07) is 7.67. The van der Waals surface area contributed by atoms with Crippen LogP contribution in [-0.4, -0.2) is 10.9 Å². The Bertz CT molecular complexity index is 471. The molecule has 0 unspecified atom stereocenters. The summed E-state index contributed by atoms with van der Waals surface area (Å²) < 4.78 is 1.08. The average molecular weight is 360 g/mol. The normalized spacial score (nSPS) is 17.0. The topological polar surface area (TPSA) is 55.1 Å². The van der Waals surface area contributed by atoms with Crippen molar-refractivity contribution in [2.45, 2.75) is 19.3 Å². The van der Waals surface area contributed by atoms with Crippen molar-refractivity contribution >= 4 is 51.4 Å². The van der Waals surface area contributed by atoms with Gasteiger partial charge in [-0.25, -0.2) is 0 Å². The van der Waals surface area contributed by atoms with Crippen molar-refractivity contribution in [1.29, 1.82) is 0 Å². The van der Waals surface area contributed by atoms with Gasteiger partial charge in [-0.3, -0.25) is 4.79 Å². The third-order valence-electron chi connectivity index (χ3n) is 3.20. The zero-order valence-electron chi connectivity index (χ0n) is 9.20. The molecule has 0 spiro atoms. The van der Waals surface area contributed by atoms with E-state index in [9.17, 15) is 4.79 Å². The largest absolute Gasteiger partial charge is 0.392 e. The predicted molar refractivity (Wildman–Crippen MR) is 80.9 cm³/mol. The highest BCUT2D eigenvalue weighted by Crippen LogP contribution is 2.42. The molecule has 1 saturated carbocycles. The van der Waals surface area contributed by atoms with E-state index in [1.54, 1.807) is 0 Å². The number of rotatable bonds is 3. The average Bonchev–Trinajstić information content (AvgIpc) is 2.14. The maximum atomic E-state index is 12.2. The summed E-state index contributed by atoms with van der Waals surface area (Å²) in [7, 11) is 0. The van der Waals surface area contributed by atoms with Crippen molar-refractivity contribution < 1.29 is 4.79 Å². The first-order valence-electron chi connectivity index (χ1n) is 5.41. The lowest BCUT2D eigenvalue weighted by atomic mass is 9.68. The molecule has 5 heteroatoms. The molecule has 1 aliphatic rings. The van der Waals surface area contributed by atoms with Crippen LogP contribution in [0.25, 0.3) is 0 Å². The van der Waals surface area contributed by atoms with Crippen molar-refractivity contribution in [1.82, 2.24) is 0 Å². The maximum absolute atomic E-state index is 12.2. The SMILES string of the molecule is NC(=S)C1(C(=O)Nc2cccc(I)c2)CCC1. The number of carbonyl (C=O) groups is 1.